The predicted molar refractivity (Wildman–Crippen MR) is 96.1 cm³/mol. The fourth-order valence-corrected chi connectivity index (χ4v) is 2.10. The number of rotatable bonds is 10. The molecule has 0 saturated carbocycles. The highest BCUT2D eigenvalue weighted by molar-refractivity contribution is 7.80. The second-order valence-corrected chi connectivity index (χ2v) is 6.34. The predicted octanol–water partition coefficient (Wildman–Crippen LogP) is -1.13. The molecule has 0 aliphatic rings. The van der Waals surface area contributed by atoms with Gasteiger partial charge in [0.2, 0.25) is 17.7 Å². The van der Waals surface area contributed by atoms with Crippen molar-refractivity contribution in [2.24, 2.45) is 11.7 Å². The maximum absolute atomic E-state index is 12.3. The Kier molecular flexibility index (Phi) is 10.1. The number of nitrogens with two attached hydrogens (primary N) is 1. The van der Waals surface area contributed by atoms with Gasteiger partial charge in [-0.05, 0) is 19.8 Å². The molecule has 0 aliphatic carbocycles. The molecule has 0 spiro atoms. The average Bonchev–Trinajstić information content (AvgIpc) is 2.55. The highest BCUT2D eigenvalue weighted by Gasteiger charge is 2.30. The van der Waals surface area contributed by atoms with Crippen molar-refractivity contribution in [3.05, 3.63) is 0 Å². The van der Waals surface area contributed by atoms with Crippen molar-refractivity contribution in [3.8, 4) is 0 Å². The summed E-state index contributed by atoms with van der Waals surface area (Å²) < 4.78 is 0. The summed E-state index contributed by atoms with van der Waals surface area (Å²) >= 11 is 4.02. The number of carboxylic acids is 1. The monoisotopic (exact) mass is 376 g/mol. The Balaban J connectivity index is 4.85. The van der Waals surface area contributed by atoms with Gasteiger partial charge in [0.25, 0.3) is 0 Å². The van der Waals surface area contributed by atoms with Gasteiger partial charge in [-0.15, -0.1) is 0 Å². The van der Waals surface area contributed by atoms with E-state index in [4.69, 9.17) is 5.73 Å². The van der Waals surface area contributed by atoms with Crippen molar-refractivity contribution in [2.45, 2.75) is 58.3 Å². The number of aliphatic carboxylic acids is 1. The molecule has 0 saturated heterocycles. The Morgan fingerprint density at radius 3 is 1.96 bits per heavy atom. The molecule has 5 atom stereocenters. The van der Waals surface area contributed by atoms with Crippen LogP contribution in [0.25, 0.3) is 0 Å². The molecule has 0 aromatic rings. The third kappa shape index (κ3) is 7.74. The van der Waals surface area contributed by atoms with Gasteiger partial charge in [0, 0.05) is 5.75 Å². The minimum absolute atomic E-state index is 0.0294. The van der Waals surface area contributed by atoms with Crippen molar-refractivity contribution in [3.63, 3.8) is 0 Å². The Morgan fingerprint density at radius 1 is 1.00 bits per heavy atom. The minimum Gasteiger partial charge on any atom is -0.480 e. The first-order chi connectivity index (χ1) is 11.5. The van der Waals surface area contributed by atoms with E-state index in [0.717, 1.165) is 0 Å². The van der Waals surface area contributed by atoms with Crippen LogP contribution in [0.5, 0.6) is 0 Å². The van der Waals surface area contributed by atoms with E-state index in [9.17, 15) is 24.3 Å². The number of carboxylic acid groups (broad SMARTS) is 1. The first-order valence-electron chi connectivity index (χ1n) is 8.05. The molecule has 0 aliphatic heterocycles. The van der Waals surface area contributed by atoms with Crippen LogP contribution in [0.15, 0.2) is 0 Å². The molecule has 0 aromatic carbocycles. The zero-order valence-corrected chi connectivity index (χ0v) is 15.8. The maximum Gasteiger partial charge on any atom is 0.326 e. The SMILES string of the molecule is CCC(C)C(NC(=O)C(CS)NC(=O)C(C)NC(=O)C(C)N)C(=O)O. The zero-order chi connectivity index (χ0) is 19.7. The maximum atomic E-state index is 12.3. The van der Waals surface area contributed by atoms with Crippen LogP contribution in [-0.4, -0.2) is 58.7 Å². The second kappa shape index (κ2) is 10.9. The van der Waals surface area contributed by atoms with Crippen LogP contribution < -0.4 is 21.7 Å². The molecule has 10 heteroatoms. The molecule has 3 amide bonds. The van der Waals surface area contributed by atoms with Gasteiger partial charge in [-0.25, -0.2) is 4.79 Å². The minimum atomic E-state index is -1.15. The van der Waals surface area contributed by atoms with Crippen molar-refractivity contribution in [2.75, 3.05) is 5.75 Å². The summed E-state index contributed by atoms with van der Waals surface area (Å²) in [6.45, 7) is 6.44. The molecule has 0 heterocycles. The Labute approximate surface area is 152 Å². The van der Waals surface area contributed by atoms with Gasteiger partial charge < -0.3 is 26.8 Å². The number of carbonyl (C=O) groups excluding carboxylic acids is 3. The fourth-order valence-electron chi connectivity index (χ4n) is 1.84. The molecule has 0 aromatic heterocycles. The number of hydrogen-bond acceptors (Lipinski definition) is 6. The Morgan fingerprint density at radius 2 is 1.56 bits per heavy atom. The van der Waals surface area contributed by atoms with Gasteiger partial charge in [-0.1, -0.05) is 20.3 Å². The lowest BCUT2D eigenvalue weighted by molar-refractivity contribution is -0.143. The molecule has 9 nitrogen and oxygen atoms in total. The normalized spacial score (nSPS) is 16.7. The van der Waals surface area contributed by atoms with E-state index in [1.165, 1.54) is 13.8 Å². The van der Waals surface area contributed by atoms with E-state index in [-0.39, 0.29) is 11.7 Å². The quantitative estimate of drug-likeness (QED) is 0.266. The van der Waals surface area contributed by atoms with Crippen LogP contribution in [0.1, 0.15) is 34.1 Å². The molecular weight excluding hydrogens is 348 g/mol. The van der Waals surface area contributed by atoms with Gasteiger partial charge in [-0.3, -0.25) is 14.4 Å². The molecular formula is C15H28N4O5S. The lowest BCUT2D eigenvalue weighted by atomic mass is 9.99. The first-order valence-corrected chi connectivity index (χ1v) is 8.68. The molecule has 6 N–H and O–H groups in total. The van der Waals surface area contributed by atoms with Crippen LogP contribution in [0.3, 0.4) is 0 Å². The number of amides is 3. The molecule has 0 radical (unpaired) electrons. The van der Waals surface area contributed by atoms with Crippen molar-refractivity contribution >= 4 is 36.3 Å². The molecule has 25 heavy (non-hydrogen) atoms. The zero-order valence-electron chi connectivity index (χ0n) is 14.9. The van der Waals surface area contributed by atoms with E-state index in [1.807, 2.05) is 6.92 Å². The Bertz CT molecular complexity index is 500. The molecule has 0 fully saturated rings. The van der Waals surface area contributed by atoms with Gasteiger partial charge in [0.15, 0.2) is 0 Å². The highest BCUT2D eigenvalue weighted by atomic mass is 32.1. The summed E-state index contributed by atoms with van der Waals surface area (Å²) in [6.07, 6.45) is 0.565. The standard InChI is InChI=1S/C15H28N4O5S/c1-5-7(2)11(15(23)24)19-14(22)10(6-25)18-13(21)9(4)17-12(20)8(3)16/h7-11,25H,5-6,16H2,1-4H3,(H,17,20)(H,18,21)(H,19,22)(H,23,24). The van der Waals surface area contributed by atoms with Gasteiger partial charge in [0.1, 0.15) is 18.1 Å². The van der Waals surface area contributed by atoms with Crippen LogP contribution >= 0.6 is 12.6 Å². The fraction of sp³-hybridized carbons (Fsp3) is 0.733. The van der Waals surface area contributed by atoms with Crippen molar-refractivity contribution in [1.29, 1.82) is 0 Å². The van der Waals surface area contributed by atoms with E-state index in [0.29, 0.717) is 6.42 Å². The van der Waals surface area contributed by atoms with Crippen molar-refractivity contribution < 1.29 is 24.3 Å². The third-order valence-corrected chi connectivity index (χ3v) is 4.12. The first kappa shape index (κ1) is 23.2. The number of carbonyl (C=O) groups is 4. The largest absolute Gasteiger partial charge is 0.480 e. The van der Waals surface area contributed by atoms with Crippen LogP contribution in [0.2, 0.25) is 0 Å². The van der Waals surface area contributed by atoms with Gasteiger partial charge in [-0.2, -0.15) is 12.6 Å². The lowest BCUT2D eigenvalue weighted by Gasteiger charge is -2.24. The molecule has 0 rings (SSSR count). The van der Waals surface area contributed by atoms with Crippen LogP contribution in [0, 0.1) is 5.92 Å². The third-order valence-electron chi connectivity index (χ3n) is 3.76. The number of hydrogen-bond donors (Lipinski definition) is 6. The second-order valence-electron chi connectivity index (χ2n) is 5.97. The number of nitrogens with one attached hydrogen (secondary N) is 3. The summed E-state index contributed by atoms with van der Waals surface area (Å²) in [6, 6.07) is -3.77. The van der Waals surface area contributed by atoms with Crippen LogP contribution in [0.4, 0.5) is 0 Å². The van der Waals surface area contributed by atoms with E-state index >= 15 is 0 Å². The summed E-state index contributed by atoms with van der Waals surface area (Å²) in [5.74, 6) is -3.21. The highest BCUT2D eigenvalue weighted by Crippen LogP contribution is 2.08. The van der Waals surface area contributed by atoms with Gasteiger partial charge in [0.05, 0.1) is 6.04 Å². The van der Waals surface area contributed by atoms with E-state index in [1.54, 1.807) is 6.92 Å². The molecule has 5 unspecified atom stereocenters. The summed E-state index contributed by atoms with van der Waals surface area (Å²) in [5, 5.41) is 16.5. The molecule has 144 valence electrons. The average molecular weight is 376 g/mol. The lowest BCUT2D eigenvalue weighted by Crippen LogP contribution is -2.57. The van der Waals surface area contributed by atoms with E-state index < -0.39 is 47.9 Å². The molecule has 0 bridgehead atoms. The van der Waals surface area contributed by atoms with Crippen molar-refractivity contribution in [1.82, 2.24) is 16.0 Å². The topological polar surface area (TPSA) is 151 Å². The van der Waals surface area contributed by atoms with Gasteiger partial charge >= 0.3 is 5.97 Å². The van der Waals surface area contributed by atoms with E-state index in [2.05, 4.69) is 28.6 Å². The van der Waals surface area contributed by atoms with Crippen LogP contribution in [-0.2, 0) is 19.2 Å². The summed E-state index contributed by atoms with van der Waals surface area (Å²) in [5.41, 5.74) is 5.41. The smallest absolute Gasteiger partial charge is 0.326 e. The summed E-state index contributed by atoms with van der Waals surface area (Å²) in [4.78, 5) is 47.1. The summed E-state index contributed by atoms with van der Waals surface area (Å²) in [7, 11) is 0. The Hall–Kier alpha value is -1.81. The number of thiol groups is 1.